The molecule has 0 fully saturated rings. The van der Waals surface area contributed by atoms with Gasteiger partial charge >= 0.3 is 0 Å². The van der Waals surface area contributed by atoms with Gasteiger partial charge in [0.25, 0.3) is 5.56 Å². The lowest BCUT2D eigenvalue weighted by Gasteiger charge is -2.04. The molecular formula is C20H17N3O2. The van der Waals surface area contributed by atoms with Crippen molar-refractivity contribution in [2.75, 3.05) is 7.11 Å². The zero-order valence-electron chi connectivity index (χ0n) is 13.8. The fraction of sp³-hybridized carbons (Fsp3) is 0.100. The van der Waals surface area contributed by atoms with Crippen molar-refractivity contribution in [2.24, 2.45) is 0 Å². The van der Waals surface area contributed by atoms with E-state index in [2.05, 4.69) is 5.10 Å². The number of benzene rings is 2. The molecule has 0 aliphatic heterocycles. The van der Waals surface area contributed by atoms with Gasteiger partial charge in [-0.15, -0.1) is 0 Å². The Bertz CT molecular complexity index is 1070. The number of aromatic amines is 1. The minimum atomic E-state index is -0.150. The minimum absolute atomic E-state index is 0.150. The SMILES string of the molecule is COCc1[nH]n2c(=O)cc(-c3ccccc3)nc2c1-c1ccccc1. The average molecular weight is 331 g/mol. The van der Waals surface area contributed by atoms with Crippen LogP contribution >= 0.6 is 0 Å². The molecule has 2 aromatic heterocycles. The van der Waals surface area contributed by atoms with Crippen LogP contribution < -0.4 is 5.56 Å². The molecule has 2 heterocycles. The predicted molar refractivity (Wildman–Crippen MR) is 97.4 cm³/mol. The third kappa shape index (κ3) is 2.75. The normalized spacial score (nSPS) is 11.1. The van der Waals surface area contributed by atoms with E-state index >= 15 is 0 Å². The number of aromatic nitrogens is 3. The molecule has 5 heteroatoms. The van der Waals surface area contributed by atoms with Crippen LogP contribution in [0.3, 0.4) is 0 Å². The molecular weight excluding hydrogens is 314 g/mol. The van der Waals surface area contributed by atoms with Gasteiger partial charge in [-0.1, -0.05) is 60.7 Å². The van der Waals surface area contributed by atoms with E-state index in [-0.39, 0.29) is 5.56 Å². The van der Waals surface area contributed by atoms with Crippen molar-refractivity contribution < 1.29 is 4.74 Å². The van der Waals surface area contributed by atoms with E-state index in [1.165, 1.54) is 4.52 Å². The molecule has 1 N–H and O–H groups in total. The monoisotopic (exact) mass is 331 g/mol. The van der Waals surface area contributed by atoms with Crippen LogP contribution in [-0.2, 0) is 11.3 Å². The Balaban J connectivity index is 2.02. The molecule has 0 amide bonds. The molecule has 2 aromatic carbocycles. The summed E-state index contributed by atoms with van der Waals surface area (Å²) in [5, 5.41) is 3.13. The highest BCUT2D eigenvalue weighted by Crippen LogP contribution is 2.28. The first-order valence-electron chi connectivity index (χ1n) is 8.02. The first kappa shape index (κ1) is 15.4. The second kappa shape index (κ2) is 6.37. The third-order valence-electron chi connectivity index (χ3n) is 4.11. The number of H-pyrrole nitrogens is 1. The fourth-order valence-electron chi connectivity index (χ4n) is 3.00. The first-order chi connectivity index (χ1) is 12.3. The Hall–Kier alpha value is -3.18. The molecule has 0 spiro atoms. The van der Waals surface area contributed by atoms with E-state index in [9.17, 15) is 4.79 Å². The standard InChI is InChI=1S/C20H17N3O2/c1-25-13-17-19(15-10-6-3-7-11-15)20-21-16(12-18(24)23(20)22-17)14-8-4-2-5-9-14/h2-12,22H,13H2,1H3. The zero-order valence-corrected chi connectivity index (χ0v) is 13.8. The van der Waals surface area contributed by atoms with Crippen LogP contribution in [0.1, 0.15) is 5.69 Å². The zero-order chi connectivity index (χ0) is 17.2. The largest absolute Gasteiger partial charge is 0.378 e. The van der Waals surface area contributed by atoms with E-state index in [0.717, 1.165) is 22.4 Å². The number of nitrogens with one attached hydrogen (secondary N) is 1. The molecule has 0 aliphatic rings. The Morgan fingerprint density at radius 2 is 1.64 bits per heavy atom. The van der Waals surface area contributed by atoms with Gasteiger partial charge in [0.1, 0.15) is 0 Å². The van der Waals surface area contributed by atoms with Gasteiger partial charge in [0.05, 0.1) is 18.0 Å². The van der Waals surface area contributed by atoms with Crippen LogP contribution in [0.25, 0.3) is 28.0 Å². The van der Waals surface area contributed by atoms with Crippen LogP contribution in [0.5, 0.6) is 0 Å². The number of methoxy groups -OCH3 is 1. The molecule has 25 heavy (non-hydrogen) atoms. The molecule has 4 aromatic rings. The maximum absolute atomic E-state index is 12.6. The van der Waals surface area contributed by atoms with Gasteiger partial charge < -0.3 is 4.74 Å². The maximum Gasteiger partial charge on any atom is 0.273 e. The van der Waals surface area contributed by atoms with Crippen LogP contribution in [-0.4, -0.2) is 21.7 Å². The summed E-state index contributed by atoms with van der Waals surface area (Å²) in [6.07, 6.45) is 0. The molecule has 0 saturated carbocycles. The maximum atomic E-state index is 12.6. The molecule has 5 nitrogen and oxygen atoms in total. The minimum Gasteiger partial charge on any atom is -0.378 e. The molecule has 0 unspecified atom stereocenters. The highest BCUT2D eigenvalue weighted by molar-refractivity contribution is 5.81. The number of ether oxygens (including phenoxy) is 1. The lowest BCUT2D eigenvalue weighted by atomic mass is 10.1. The summed E-state index contributed by atoms with van der Waals surface area (Å²) in [6, 6.07) is 21.2. The van der Waals surface area contributed by atoms with E-state index in [1.54, 1.807) is 13.2 Å². The van der Waals surface area contributed by atoms with E-state index in [1.807, 2.05) is 60.7 Å². The van der Waals surface area contributed by atoms with Crippen molar-refractivity contribution >= 4 is 5.65 Å². The Morgan fingerprint density at radius 3 is 2.28 bits per heavy atom. The van der Waals surface area contributed by atoms with Crippen molar-refractivity contribution in [1.29, 1.82) is 0 Å². The molecule has 0 aliphatic carbocycles. The predicted octanol–water partition coefficient (Wildman–Crippen LogP) is 3.50. The van der Waals surface area contributed by atoms with Crippen LogP contribution in [0.2, 0.25) is 0 Å². The lowest BCUT2D eigenvalue weighted by molar-refractivity contribution is 0.181. The van der Waals surface area contributed by atoms with Gasteiger partial charge in [-0.05, 0) is 5.56 Å². The van der Waals surface area contributed by atoms with E-state index in [0.29, 0.717) is 17.9 Å². The molecule has 0 bridgehead atoms. The summed E-state index contributed by atoms with van der Waals surface area (Å²) in [5.41, 5.74) is 4.72. The smallest absolute Gasteiger partial charge is 0.273 e. The summed E-state index contributed by atoms with van der Waals surface area (Å²) < 4.78 is 6.78. The van der Waals surface area contributed by atoms with Gasteiger partial charge in [0.15, 0.2) is 5.65 Å². The van der Waals surface area contributed by atoms with Gasteiger partial charge in [-0.2, -0.15) is 0 Å². The van der Waals surface area contributed by atoms with Gasteiger partial charge in [-0.25, -0.2) is 9.50 Å². The number of rotatable bonds is 4. The number of nitrogens with zero attached hydrogens (tertiary/aromatic N) is 2. The summed E-state index contributed by atoms with van der Waals surface area (Å²) in [7, 11) is 1.63. The van der Waals surface area contributed by atoms with Gasteiger partial charge in [0.2, 0.25) is 0 Å². The van der Waals surface area contributed by atoms with Crippen molar-refractivity contribution in [2.45, 2.75) is 6.61 Å². The molecule has 0 atom stereocenters. The first-order valence-corrected chi connectivity index (χ1v) is 8.02. The summed E-state index contributed by atoms with van der Waals surface area (Å²) in [5.74, 6) is 0. The van der Waals surface area contributed by atoms with Crippen molar-refractivity contribution in [3.8, 4) is 22.4 Å². The Labute approximate surface area is 144 Å². The molecule has 124 valence electrons. The van der Waals surface area contributed by atoms with Crippen molar-refractivity contribution in [3.05, 3.63) is 82.8 Å². The van der Waals surface area contributed by atoms with E-state index < -0.39 is 0 Å². The average Bonchev–Trinajstić information content (AvgIpc) is 3.02. The Kier molecular flexibility index (Phi) is 3.91. The summed E-state index contributed by atoms with van der Waals surface area (Å²) >= 11 is 0. The summed E-state index contributed by atoms with van der Waals surface area (Å²) in [4.78, 5) is 17.4. The molecule has 4 rings (SSSR count). The Morgan fingerprint density at radius 1 is 1.00 bits per heavy atom. The highest BCUT2D eigenvalue weighted by Gasteiger charge is 2.17. The highest BCUT2D eigenvalue weighted by atomic mass is 16.5. The number of hydrogen-bond acceptors (Lipinski definition) is 3. The topological polar surface area (TPSA) is 59.4 Å². The van der Waals surface area contributed by atoms with Crippen LogP contribution in [0.4, 0.5) is 0 Å². The van der Waals surface area contributed by atoms with E-state index in [4.69, 9.17) is 9.72 Å². The number of hydrogen-bond donors (Lipinski definition) is 1. The third-order valence-corrected chi connectivity index (χ3v) is 4.11. The van der Waals surface area contributed by atoms with Gasteiger partial charge in [0, 0.05) is 24.3 Å². The van der Waals surface area contributed by atoms with Crippen LogP contribution in [0, 0.1) is 0 Å². The second-order valence-corrected chi connectivity index (χ2v) is 5.77. The quantitative estimate of drug-likeness (QED) is 0.622. The van der Waals surface area contributed by atoms with Gasteiger partial charge in [-0.3, -0.25) is 9.89 Å². The van der Waals surface area contributed by atoms with Crippen molar-refractivity contribution in [1.82, 2.24) is 14.6 Å². The molecule has 0 saturated heterocycles. The summed E-state index contributed by atoms with van der Waals surface area (Å²) in [6.45, 7) is 0.369. The van der Waals surface area contributed by atoms with Crippen LogP contribution in [0.15, 0.2) is 71.5 Å². The van der Waals surface area contributed by atoms with Crippen molar-refractivity contribution in [3.63, 3.8) is 0 Å². The lowest BCUT2D eigenvalue weighted by Crippen LogP contribution is -2.14. The fourth-order valence-corrected chi connectivity index (χ4v) is 3.00. The molecule has 0 radical (unpaired) electrons. The number of fused-ring (bicyclic) bond motifs is 1. The second-order valence-electron chi connectivity index (χ2n) is 5.77.